The van der Waals surface area contributed by atoms with Gasteiger partial charge in [0.15, 0.2) is 12.3 Å². The Morgan fingerprint density at radius 2 is 2.14 bits per heavy atom. The van der Waals surface area contributed by atoms with Gasteiger partial charge in [0.2, 0.25) is 0 Å². The van der Waals surface area contributed by atoms with Crippen LogP contribution in [0.2, 0.25) is 0 Å². The van der Waals surface area contributed by atoms with Crippen molar-refractivity contribution in [3.8, 4) is 11.8 Å². The highest BCUT2D eigenvalue weighted by Gasteiger charge is 2.43. The average Bonchev–Trinajstić information content (AvgIpc) is 3.43. The summed E-state index contributed by atoms with van der Waals surface area (Å²) in [7, 11) is 0. The van der Waals surface area contributed by atoms with Gasteiger partial charge in [0.05, 0.1) is 5.69 Å². The van der Waals surface area contributed by atoms with Crippen LogP contribution in [0.3, 0.4) is 0 Å². The Kier molecular flexibility index (Phi) is 5.66. The summed E-state index contributed by atoms with van der Waals surface area (Å²) in [4.78, 5) is 19.1. The predicted octanol–water partition coefficient (Wildman–Crippen LogP) is 3.86. The summed E-state index contributed by atoms with van der Waals surface area (Å²) in [6.07, 6.45) is 0.663. The number of ether oxygens (including phenoxy) is 1. The van der Waals surface area contributed by atoms with Crippen LogP contribution in [0, 0.1) is 11.8 Å². The highest BCUT2D eigenvalue weighted by atomic mass is 16.6. The maximum atomic E-state index is 12.3. The van der Waals surface area contributed by atoms with Gasteiger partial charge in [0.1, 0.15) is 5.84 Å². The van der Waals surface area contributed by atoms with Crippen molar-refractivity contribution in [1.29, 1.82) is 0 Å². The van der Waals surface area contributed by atoms with Crippen LogP contribution in [-0.4, -0.2) is 39.6 Å². The molecule has 1 aromatic carbocycles. The quantitative estimate of drug-likeness (QED) is 0.775. The van der Waals surface area contributed by atoms with Gasteiger partial charge < -0.3 is 20.1 Å². The minimum Gasteiger partial charge on any atom is -0.438 e. The van der Waals surface area contributed by atoms with Crippen molar-refractivity contribution in [2.24, 2.45) is 4.99 Å². The summed E-state index contributed by atoms with van der Waals surface area (Å²) in [5, 5.41) is 14.0. The van der Waals surface area contributed by atoms with Crippen molar-refractivity contribution in [2.45, 2.75) is 77.8 Å². The van der Waals surface area contributed by atoms with Crippen LogP contribution in [-0.2, 0) is 4.74 Å². The number of aliphatic hydroxyl groups excluding tert-OH is 1. The normalized spacial score (nSPS) is 19.7. The van der Waals surface area contributed by atoms with Crippen LogP contribution >= 0.6 is 0 Å². The Bertz CT molecular complexity index is 841. The number of carbonyl (C=O) groups excluding carboxylic acids is 1. The first-order valence-corrected chi connectivity index (χ1v) is 9.84. The van der Waals surface area contributed by atoms with Gasteiger partial charge in [-0.15, -0.1) is 5.92 Å². The summed E-state index contributed by atoms with van der Waals surface area (Å²) in [5.74, 6) is 6.57. The van der Waals surface area contributed by atoms with E-state index in [1.807, 2.05) is 50.8 Å². The van der Waals surface area contributed by atoms with Gasteiger partial charge in [-0.3, -0.25) is 0 Å². The summed E-state index contributed by atoms with van der Waals surface area (Å²) in [5.41, 5.74) is 1.79. The number of aliphatic hydroxyl groups is 1. The maximum absolute atomic E-state index is 12.3. The molecule has 0 unspecified atom stereocenters. The van der Waals surface area contributed by atoms with E-state index in [1.165, 1.54) is 0 Å². The van der Waals surface area contributed by atoms with Crippen LogP contribution in [0.15, 0.2) is 23.2 Å². The van der Waals surface area contributed by atoms with Crippen molar-refractivity contribution in [1.82, 2.24) is 10.2 Å². The lowest BCUT2D eigenvalue weighted by atomic mass is 10.00. The molecule has 1 aliphatic heterocycles. The van der Waals surface area contributed by atoms with Gasteiger partial charge in [-0.1, -0.05) is 18.9 Å². The molecule has 2 atom stereocenters. The van der Waals surface area contributed by atoms with E-state index in [1.54, 1.807) is 6.92 Å². The Morgan fingerprint density at radius 3 is 2.71 bits per heavy atom. The number of carbonyl (C=O) groups is 1. The number of fused-ring (bicyclic) bond motifs is 1. The second kappa shape index (κ2) is 7.84. The molecule has 0 aromatic heterocycles. The number of nitrogens with zero attached hydrogens (tertiary/aromatic N) is 2. The molecule has 28 heavy (non-hydrogen) atoms. The molecular formula is C22H29N3O3. The lowest BCUT2D eigenvalue weighted by Crippen LogP contribution is -2.49. The van der Waals surface area contributed by atoms with Gasteiger partial charge >= 0.3 is 6.09 Å². The third kappa shape index (κ3) is 4.31. The second-order valence-electron chi connectivity index (χ2n) is 8.27. The third-order valence-electron chi connectivity index (χ3n) is 4.69. The molecular weight excluding hydrogens is 354 g/mol. The number of hydrogen-bond donors (Lipinski definition) is 2. The molecule has 1 amide bonds. The van der Waals surface area contributed by atoms with Crippen LogP contribution in [0.1, 0.15) is 71.2 Å². The third-order valence-corrected chi connectivity index (χ3v) is 4.69. The number of alkyl carbamates (subject to hydrolysis) is 1. The molecule has 0 radical (unpaired) electrons. The van der Waals surface area contributed by atoms with E-state index < -0.39 is 18.4 Å². The fourth-order valence-electron chi connectivity index (χ4n) is 3.37. The monoisotopic (exact) mass is 383 g/mol. The number of nitrogens with one attached hydrogen (secondary N) is 1. The van der Waals surface area contributed by atoms with Gasteiger partial charge in [-0.05, 0) is 59.1 Å². The summed E-state index contributed by atoms with van der Waals surface area (Å²) in [6, 6.07) is 5.85. The fourth-order valence-corrected chi connectivity index (χ4v) is 3.37. The first-order chi connectivity index (χ1) is 13.2. The lowest BCUT2D eigenvalue weighted by molar-refractivity contribution is 0.0315. The van der Waals surface area contributed by atoms with Gasteiger partial charge in [0, 0.05) is 22.7 Å². The number of amides is 1. The van der Waals surface area contributed by atoms with Gasteiger partial charge in [-0.2, -0.15) is 0 Å². The van der Waals surface area contributed by atoms with Gasteiger partial charge in [0.25, 0.3) is 0 Å². The van der Waals surface area contributed by atoms with Crippen molar-refractivity contribution >= 4 is 17.6 Å². The molecule has 6 nitrogen and oxygen atoms in total. The number of amidine groups is 1. The Balaban J connectivity index is 1.98. The van der Waals surface area contributed by atoms with E-state index in [0.29, 0.717) is 17.9 Å². The van der Waals surface area contributed by atoms with Crippen LogP contribution in [0.25, 0.3) is 0 Å². The van der Waals surface area contributed by atoms with Crippen molar-refractivity contribution in [3.05, 3.63) is 29.3 Å². The molecule has 0 spiro atoms. The minimum atomic E-state index is -0.852. The molecule has 1 saturated carbocycles. The molecule has 2 aliphatic rings. The Morgan fingerprint density at radius 1 is 1.43 bits per heavy atom. The second-order valence-corrected chi connectivity index (χ2v) is 8.27. The molecule has 150 valence electrons. The van der Waals surface area contributed by atoms with E-state index in [4.69, 9.17) is 9.73 Å². The number of aliphatic imine (C=N–C) groups is 1. The lowest BCUT2D eigenvalue weighted by Gasteiger charge is -2.38. The SMILES string of the molecule is CC#Cc1cccc2c1[C@H](O)N(C1CC1)C([C@H](CC)OC(=O)NC(C)(C)C)=N2. The predicted molar refractivity (Wildman–Crippen MR) is 109 cm³/mol. The molecule has 1 heterocycles. The Hall–Kier alpha value is -2.52. The number of hydrogen-bond acceptors (Lipinski definition) is 5. The van der Waals surface area contributed by atoms with Crippen molar-refractivity contribution < 1.29 is 14.6 Å². The van der Waals surface area contributed by atoms with Crippen molar-refractivity contribution in [2.75, 3.05) is 0 Å². The number of benzene rings is 1. The zero-order valence-electron chi connectivity index (χ0n) is 17.2. The molecule has 1 fully saturated rings. The van der Waals surface area contributed by atoms with E-state index in [0.717, 1.165) is 24.0 Å². The number of rotatable bonds is 4. The topological polar surface area (TPSA) is 74.2 Å². The molecule has 2 N–H and O–H groups in total. The maximum Gasteiger partial charge on any atom is 0.408 e. The summed E-state index contributed by atoms with van der Waals surface area (Å²) in [6.45, 7) is 9.43. The largest absolute Gasteiger partial charge is 0.438 e. The minimum absolute atomic E-state index is 0.202. The molecule has 1 aromatic rings. The van der Waals surface area contributed by atoms with E-state index in [-0.39, 0.29) is 11.6 Å². The van der Waals surface area contributed by atoms with E-state index in [9.17, 15) is 9.90 Å². The van der Waals surface area contributed by atoms with E-state index >= 15 is 0 Å². The molecule has 0 saturated heterocycles. The standard InChI is InChI=1S/C22H29N3O3/c1-6-9-14-10-8-11-16-18(14)20(26)25(15-12-13-15)19(23-16)17(7-2)28-21(27)24-22(3,4)5/h8,10-11,15,17,20,26H,7,12-13H2,1-5H3,(H,24,27)/t17-,20-/m0/s1. The molecule has 1 aliphatic carbocycles. The van der Waals surface area contributed by atoms with Crippen LogP contribution in [0.4, 0.5) is 10.5 Å². The van der Waals surface area contributed by atoms with Crippen molar-refractivity contribution in [3.63, 3.8) is 0 Å². The highest BCUT2D eigenvalue weighted by molar-refractivity contribution is 5.93. The van der Waals surface area contributed by atoms with Crippen LogP contribution in [0.5, 0.6) is 0 Å². The van der Waals surface area contributed by atoms with Gasteiger partial charge in [-0.25, -0.2) is 9.79 Å². The summed E-state index contributed by atoms with van der Waals surface area (Å²) < 4.78 is 5.70. The first-order valence-electron chi connectivity index (χ1n) is 9.84. The fraction of sp³-hybridized carbons (Fsp3) is 0.545. The molecule has 3 rings (SSSR count). The molecule has 6 heteroatoms. The summed E-state index contributed by atoms with van der Waals surface area (Å²) >= 11 is 0. The average molecular weight is 383 g/mol. The van der Waals surface area contributed by atoms with Crippen LogP contribution < -0.4 is 5.32 Å². The zero-order chi connectivity index (χ0) is 20.5. The first kappa shape index (κ1) is 20.2. The van der Waals surface area contributed by atoms with E-state index in [2.05, 4.69) is 17.2 Å². The Labute approximate surface area is 167 Å². The zero-order valence-corrected chi connectivity index (χ0v) is 17.2. The highest BCUT2D eigenvalue weighted by Crippen LogP contribution is 2.42. The molecule has 0 bridgehead atoms. The smallest absolute Gasteiger partial charge is 0.408 e.